The highest BCUT2D eigenvalue weighted by Gasteiger charge is 2.13. The van der Waals surface area contributed by atoms with Crippen molar-refractivity contribution in [2.75, 3.05) is 19.8 Å². The summed E-state index contributed by atoms with van der Waals surface area (Å²) in [6, 6.07) is -0.641. The Balaban J connectivity index is 3.59. The van der Waals surface area contributed by atoms with Crippen LogP contribution >= 0.6 is 0 Å². The molecule has 0 aromatic heterocycles. The number of amides is 2. The van der Waals surface area contributed by atoms with E-state index in [1.165, 1.54) is 0 Å². The van der Waals surface area contributed by atoms with Gasteiger partial charge in [-0.05, 0) is 19.3 Å². The Kier molecular flexibility index (Phi) is 10.0. The quantitative estimate of drug-likeness (QED) is 0.517. The maximum Gasteiger partial charge on any atom is 0.315 e. The van der Waals surface area contributed by atoms with E-state index in [0.29, 0.717) is 19.6 Å². The van der Waals surface area contributed by atoms with Gasteiger partial charge in [0.15, 0.2) is 0 Å². The molecular formula is C12H24N2O4. The van der Waals surface area contributed by atoms with Crippen LogP contribution in [0.1, 0.15) is 39.5 Å². The molecule has 106 valence electrons. The highest BCUT2D eigenvalue weighted by atomic mass is 16.5. The number of ether oxygens (including phenoxy) is 1. The fourth-order valence-corrected chi connectivity index (χ4v) is 1.37. The zero-order valence-electron chi connectivity index (χ0n) is 11.2. The van der Waals surface area contributed by atoms with Crippen LogP contribution in [-0.2, 0) is 9.53 Å². The summed E-state index contributed by atoms with van der Waals surface area (Å²) in [5.74, 6) is -0.907. The number of rotatable bonds is 10. The van der Waals surface area contributed by atoms with Gasteiger partial charge in [-0.1, -0.05) is 13.8 Å². The first-order chi connectivity index (χ1) is 8.60. The third kappa shape index (κ3) is 9.89. The van der Waals surface area contributed by atoms with E-state index in [-0.39, 0.29) is 18.5 Å². The van der Waals surface area contributed by atoms with Gasteiger partial charge in [-0.3, -0.25) is 4.79 Å². The van der Waals surface area contributed by atoms with E-state index < -0.39 is 5.97 Å². The molecule has 0 heterocycles. The average Bonchev–Trinajstić information content (AvgIpc) is 2.32. The number of hydrogen-bond acceptors (Lipinski definition) is 3. The van der Waals surface area contributed by atoms with Gasteiger partial charge < -0.3 is 20.5 Å². The van der Waals surface area contributed by atoms with Crippen molar-refractivity contribution >= 4 is 12.0 Å². The van der Waals surface area contributed by atoms with Gasteiger partial charge in [-0.2, -0.15) is 0 Å². The van der Waals surface area contributed by atoms with Crippen molar-refractivity contribution < 1.29 is 19.4 Å². The maximum atomic E-state index is 11.4. The monoisotopic (exact) mass is 260 g/mol. The molecule has 0 aliphatic heterocycles. The number of urea groups is 1. The molecule has 1 unspecified atom stereocenters. The van der Waals surface area contributed by atoms with Gasteiger partial charge in [0.2, 0.25) is 0 Å². The second-order valence-corrected chi connectivity index (χ2v) is 4.07. The molecule has 0 spiro atoms. The van der Waals surface area contributed by atoms with Crippen molar-refractivity contribution in [3.05, 3.63) is 0 Å². The molecule has 0 aliphatic rings. The van der Waals surface area contributed by atoms with Gasteiger partial charge in [0, 0.05) is 25.8 Å². The lowest BCUT2D eigenvalue weighted by Crippen LogP contribution is -2.43. The summed E-state index contributed by atoms with van der Waals surface area (Å²) in [7, 11) is 0. The van der Waals surface area contributed by atoms with E-state index in [9.17, 15) is 9.59 Å². The maximum absolute atomic E-state index is 11.4. The van der Waals surface area contributed by atoms with Crippen LogP contribution in [0, 0.1) is 0 Å². The van der Waals surface area contributed by atoms with E-state index in [4.69, 9.17) is 9.84 Å². The number of carboxylic acids is 1. The molecule has 0 bridgehead atoms. The number of carbonyl (C=O) groups is 2. The lowest BCUT2D eigenvalue weighted by atomic mass is 10.1. The summed E-state index contributed by atoms with van der Waals surface area (Å²) < 4.78 is 5.27. The smallest absolute Gasteiger partial charge is 0.315 e. The molecule has 0 rings (SSSR count). The predicted octanol–water partition coefficient (Wildman–Crippen LogP) is 1.36. The van der Waals surface area contributed by atoms with Crippen molar-refractivity contribution in [2.24, 2.45) is 0 Å². The number of carbonyl (C=O) groups excluding carboxylic acids is 1. The van der Waals surface area contributed by atoms with Crippen molar-refractivity contribution in [1.82, 2.24) is 10.6 Å². The molecule has 0 saturated heterocycles. The van der Waals surface area contributed by atoms with Crippen molar-refractivity contribution in [3.8, 4) is 0 Å². The lowest BCUT2D eigenvalue weighted by molar-refractivity contribution is -0.137. The molecule has 0 aliphatic carbocycles. The molecule has 3 N–H and O–H groups in total. The highest BCUT2D eigenvalue weighted by Crippen LogP contribution is 1.97. The van der Waals surface area contributed by atoms with Gasteiger partial charge in [-0.15, -0.1) is 0 Å². The van der Waals surface area contributed by atoms with Crippen molar-refractivity contribution in [3.63, 3.8) is 0 Å². The zero-order valence-corrected chi connectivity index (χ0v) is 11.2. The largest absolute Gasteiger partial charge is 0.481 e. The zero-order chi connectivity index (χ0) is 13.8. The summed E-state index contributed by atoms with van der Waals surface area (Å²) in [6.45, 7) is 5.77. The summed E-state index contributed by atoms with van der Waals surface area (Å²) in [6.07, 6.45) is 2.29. The summed E-state index contributed by atoms with van der Waals surface area (Å²) in [5.41, 5.74) is 0. The van der Waals surface area contributed by atoms with Crippen molar-refractivity contribution in [1.29, 1.82) is 0 Å². The van der Waals surface area contributed by atoms with Crippen LogP contribution in [0.4, 0.5) is 4.79 Å². The third-order valence-electron chi connectivity index (χ3n) is 2.35. The Bertz CT molecular complexity index is 246. The van der Waals surface area contributed by atoms with Crippen LogP contribution in [0.2, 0.25) is 0 Å². The minimum atomic E-state index is -0.907. The second-order valence-electron chi connectivity index (χ2n) is 4.07. The SMILES string of the molecule is CCCOCCCNC(=O)NC(CC)CC(=O)O. The summed E-state index contributed by atoms with van der Waals surface area (Å²) >= 11 is 0. The molecule has 0 radical (unpaired) electrons. The average molecular weight is 260 g/mol. The first kappa shape index (κ1) is 16.7. The summed E-state index contributed by atoms with van der Waals surface area (Å²) in [4.78, 5) is 21.9. The first-order valence-corrected chi connectivity index (χ1v) is 6.44. The van der Waals surface area contributed by atoms with E-state index in [1.807, 2.05) is 13.8 Å². The van der Waals surface area contributed by atoms with Crippen LogP contribution in [0.25, 0.3) is 0 Å². The van der Waals surface area contributed by atoms with E-state index >= 15 is 0 Å². The van der Waals surface area contributed by atoms with Crippen LogP contribution in [0.15, 0.2) is 0 Å². The van der Waals surface area contributed by atoms with Gasteiger partial charge in [0.1, 0.15) is 0 Å². The Labute approximate surface area is 108 Å². The standard InChI is InChI=1S/C12H24N2O4/c1-3-7-18-8-5-6-13-12(17)14-10(4-2)9-11(15)16/h10H,3-9H2,1-2H3,(H,15,16)(H2,13,14,17). The highest BCUT2D eigenvalue weighted by molar-refractivity contribution is 5.75. The van der Waals surface area contributed by atoms with Crippen LogP contribution < -0.4 is 10.6 Å². The summed E-state index contributed by atoms with van der Waals surface area (Å²) in [5, 5.41) is 13.9. The van der Waals surface area contributed by atoms with Gasteiger partial charge >= 0.3 is 12.0 Å². The molecular weight excluding hydrogens is 236 g/mol. The molecule has 0 saturated carbocycles. The Morgan fingerprint density at radius 1 is 1.28 bits per heavy atom. The van der Waals surface area contributed by atoms with Crippen LogP contribution in [-0.4, -0.2) is 42.9 Å². The number of nitrogens with one attached hydrogen (secondary N) is 2. The predicted molar refractivity (Wildman–Crippen MR) is 68.6 cm³/mol. The van der Waals surface area contributed by atoms with Gasteiger partial charge in [0.25, 0.3) is 0 Å². The first-order valence-electron chi connectivity index (χ1n) is 6.44. The van der Waals surface area contributed by atoms with E-state index in [0.717, 1.165) is 19.4 Å². The Hall–Kier alpha value is -1.30. The molecule has 0 aromatic carbocycles. The van der Waals surface area contributed by atoms with E-state index in [2.05, 4.69) is 10.6 Å². The molecule has 0 aromatic rings. The second kappa shape index (κ2) is 10.8. The molecule has 2 amide bonds. The topological polar surface area (TPSA) is 87.7 Å². The van der Waals surface area contributed by atoms with E-state index in [1.54, 1.807) is 0 Å². The normalized spacial score (nSPS) is 11.9. The molecule has 0 fully saturated rings. The van der Waals surface area contributed by atoms with Crippen molar-refractivity contribution in [2.45, 2.75) is 45.6 Å². The fourth-order valence-electron chi connectivity index (χ4n) is 1.37. The number of aliphatic carboxylic acids is 1. The molecule has 6 nitrogen and oxygen atoms in total. The van der Waals surface area contributed by atoms with Gasteiger partial charge in [-0.25, -0.2) is 4.79 Å². The minimum Gasteiger partial charge on any atom is -0.481 e. The van der Waals surface area contributed by atoms with Gasteiger partial charge in [0.05, 0.1) is 6.42 Å². The third-order valence-corrected chi connectivity index (χ3v) is 2.35. The Morgan fingerprint density at radius 2 is 2.00 bits per heavy atom. The number of carboxylic acid groups (broad SMARTS) is 1. The Morgan fingerprint density at radius 3 is 2.56 bits per heavy atom. The fraction of sp³-hybridized carbons (Fsp3) is 0.833. The van der Waals surface area contributed by atoms with Crippen LogP contribution in [0.5, 0.6) is 0 Å². The minimum absolute atomic E-state index is 0.0521. The van der Waals surface area contributed by atoms with Crippen LogP contribution in [0.3, 0.4) is 0 Å². The number of hydrogen-bond donors (Lipinski definition) is 3. The molecule has 1 atom stereocenters. The lowest BCUT2D eigenvalue weighted by Gasteiger charge is -2.15. The molecule has 18 heavy (non-hydrogen) atoms. The molecule has 6 heteroatoms.